The van der Waals surface area contributed by atoms with Crippen molar-refractivity contribution in [3.63, 3.8) is 0 Å². The Morgan fingerprint density at radius 3 is 2.56 bits per heavy atom. The predicted octanol–water partition coefficient (Wildman–Crippen LogP) is 3.66. The van der Waals surface area contributed by atoms with Gasteiger partial charge in [-0.25, -0.2) is 9.18 Å². The molecule has 1 saturated heterocycles. The zero-order valence-electron chi connectivity index (χ0n) is 14.9. The van der Waals surface area contributed by atoms with Crippen LogP contribution in [0, 0.1) is 12.7 Å². The highest BCUT2D eigenvalue weighted by Crippen LogP contribution is 2.42. The summed E-state index contributed by atoms with van der Waals surface area (Å²) in [6.07, 6.45) is 0. The Labute approximate surface area is 160 Å². The third kappa shape index (κ3) is 4.19. The number of ether oxygens (including phenoxy) is 1. The van der Waals surface area contributed by atoms with E-state index in [-0.39, 0.29) is 29.5 Å². The Hall–Kier alpha value is -2.67. The molecule has 0 N–H and O–H groups in total. The minimum Gasteiger partial charge on any atom is -0.454 e. The molecule has 0 aliphatic carbocycles. The Morgan fingerprint density at radius 2 is 1.93 bits per heavy atom. The molecule has 3 rings (SSSR count). The molecule has 0 bridgehead atoms. The van der Waals surface area contributed by atoms with Crippen molar-refractivity contribution in [1.29, 1.82) is 0 Å². The molecule has 2 aromatic rings. The number of nitrogens with zero attached hydrogens (tertiary/aromatic N) is 1. The molecule has 1 aliphatic heterocycles. The lowest BCUT2D eigenvalue weighted by molar-refractivity contribution is -0.120. The average Bonchev–Trinajstić information content (AvgIpc) is 3.01. The molecule has 0 radical (unpaired) electrons. The summed E-state index contributed by atoms with van der Waals surface area (Å²) in [5, 5.41) is -0.257. The summed E-state index contributed by atoms with van der Waals surface area (Å²) >= 11 is 1.47. The second-order valence-corrected chi connectivity index (χ2v) is 7.33. The van der Waals surface area contributed by atoms with Crippen molar-refractivity contribution >= 4 is 35.1 Å². The molecule has 1 heterocycles. The maximum Gasteiger partial charge on any atom is 0.338 e. The maximum atomic E-state index is 13.2. The first-order valence-corrected chi connectivity index (χ1v) is 9.38. The second-order valence-electron chi connectivity index (χ2n) is 6.26. The fourth-order valence-corrected chi connectivity index (χ4v) is 4.03. The maximum absolute atomic E-state index is 13.2. The van der Waals surface area contributed by atoms with E-state index in [2.05, 4.69) is 0 Å². The molecule has 0 aromatic heterocycles. The summed E-state index contributed by atoms with van der Waals surface area (Å²) in [5.41, 5.74) is 2.56. The van der Waals surface area contributed by atoms with Crippen molar-refractivity contribution in [3.8, 4) is 0 Å². The number of ketones is 1. The van der Waals surface area contributed by atoms with Crippen LogP contribution in [0.1, 0.15) is 33.8 Å². The number of hydrogen-bond acceptors (Lipinski definition) is 5. The minimum atomic E-state index is -0.586. The van der Waals surface area contributed by atoms with Crippen LogP contribution in [0.2, 0.25) is 0 Å². The van der Waals surface area contributed by atoms with Gasteiger partial charge in [-0.2, -0.15) is 0 Å². The molecular weight excluding hydrogens is 369 g/mol. The van der Waals surface area contributed by atoms with Crippen molar-refractivity contribution in [1.82, 2.24) is 0 Å². The fraction of sp³-hybridized carbons (Fsp3) is 0.250. The van der Waals surface area contributed by atoms with E-state index in [0.717, 1.165) is 11.1 Å². The normalized spacial score (nSPS) is 16.5. The van der Waals surface area contributed by atoms with Crippen LogP contribution < -0.4 is 4.90 Å². The van der Waals surface area contributed by atoms with E-state index in [9.17, 15) is 18.8 Å². The fourth-order valence-electron chi connectivity index (χ4n) is 2.86. The van der Waals surface area contributed by atoms with Crippen molar-refractivity contribution in [2.45, 2.75) is 19.2 Å². The van der Waals surface area contributed by atoms with E-state index < -0.39 is 5.97 Å². The molecule has 140 valence electrons. The van der Waals surface area contributed by atoms with Crippen LogP contribution in [-0.2, 0) is 14.3 Å². The first kappa shape index (κ1) is 19.1. The second kappa shape index (κ2) is 7.92. The summed E-state index contributed by atoms with van der Waals surface area (Å²) in [6, 6.07) is 11.0. The third-order valence-corrected chi connectivity index (χ3v) is 5.33. The highest BCUT2D eigenvalue weighted by molar-refractivity contribution is 8.00. The van der Waals surface area contributed by atoms with Crippen LogP contribution in [0.4, 0.5) is 10.1 Å². The summed E-state index contributed by atoms with van der Waals surface area (Å²) in [6.45, 7) is 2.87. The SMILES string of the molecule is CC(=O)COC(=O)c1ccc(N2C(=O)CSC2c2ccc(F)cc2)c(C)c1. The number of thioether (sulfide) groups is 1. The number of carbonyl (C=O) groups is 3. The number of hydrogen-bond donors (Lipinski definition) is 0. The Bertz CT molecular complexity index is 897. The molecule has 2 aromatic carbocycles. The molecule has 1 amide bonds. The van der Waals surface area contributed by atoms with E-state index in [0.29, 0.717) is 17.0 Å². The van der Waals surface area contributed by atoms with E-state index in [1.54, 1.807) is 42.2 Å². The Morgan fingerprint density at radius 1 is 1.22 bits per heavy atom. The van der Waals surface area contributed by atoms with Crippen LogP contribution in [0.3, 0.4) is 0 Å². The van der Waals surface area contributed by atoms with E-state index >= 15 is 0 Å². The Kier molecular flexibility index (Phi) is 5.60. The number of esters is 1. The minimum absolute atomic E-state index is 0.0515. The van der Waals surface area contributed by atoms with Gasteiger partial charge < -0.3 is 4.74 Å². The zero-order valence-corrected chi connectivity index (χ0v) is 15.7. The topological polar surface area (TPSA) is 63.7 Å². The number of benzene rings is 2. The summed E-state index contributed by atoms with van der Waals surface area (Å²) in [4.78, 5) is 37.1. The van der Waals surface area contributed by atoms with Gasteiger partial charge in [0.1, 0.15) is 17.8 Å². The number of carbonyl (C=O) groups excluding carboxylic acids is 3. The molecule has 1 aliphatic rings. The molecule has 1 fully saturated rings. The largest absolute Gasteiger partial charge is 0.454 e. The van der Waals surface area contributed by atoms with E-state index in [1.165, 1.54) is 30.8 Å². The van der Waals surface area contributed by atoms with E-state index in [4.69, 9.17) is 4.74 Å². The highest BCUT2D eigenvalue weighted by Gasteiger charge is 2.35. The Balaban J connectivity index is 1.87. The number of anilines is 1. The van der Waals surface area contributed by atoms with Crippen LogP contribution >= 0.6 is 11.8 Å². The summed E-state index contributed by atoms with van der Waals surface area (Å²) < 4.78 is 18.1. The van der Waals surface area contributed by atoms with Crippen molar-refractivity contribution in [2.24, 2.45) is 0 Å². The molecule has 5 nitrogen and oxygen atoms in total. The van der Waals surface area contributed by atoms with Gasteiger partial charge in [0.2, 0.25) is 5.91 Å². The van der Waals surface area contributed by atoms with Gasteiger partial charge in [0, 0.05) is 5.69 Å². The van der Waals surface area contributed by atoms with Crippen LogP contribution in [-0.4, -0.2) is 30.0 Å². The molecule has 0 saturated carbocycles. The summed E-state index contributed by atoms with van der Waals surface area (Å²) in [7, 11) is 0. The molecule has 0 spiro atoms. The number of Topliss-reactive ketones (excluding diaryl/α,β-unsaturated/α-hetero) is 1. The zero-order chi connectivity index (χ0) is 19.6. The summed E-state index contributed by atoms with van der Waals surface area (Å²) in [5.74, 6) is -0.881. The predicted molar refractivity (Wildman–Crippen MR) is 101 cm³/mol. The molecule has 27 heavy (non-hydrogen) atoms. The molecule has 1 unspecified atom stereocenters. The number of aryl methyl sites for hydroxylation is 1. The molecule has 1 atom stereocenters. The highest BCUT2D eigenvalue weighted by atomic mass is 32.2. The quantitative estimate of drug-likeness (QED) is 0.733. The molecule has 7 heteroatoms. The lowest BCUT2D eigenvalue weighted by Gasteiger charge is -2.26. The van der Waals surface area contributed by atoms with Crippen molar-refractivity contribution < 1.29 is 23.5 Å². The van der Waals surface area contributed by atoms with Gasteiger partial charge in [-0.05, 0) is 55.3 Å². The van der Waals surface area contributed by atoms with Gasteiger partial charge in [0.15, 0.2) is 5.78 Å². The lowest BCUT2D eigenvalue weighted by Crippen LogP contribution is -2.28. The van der Waals surface area contributed by atoms with Gasteiger partial charge in [-0.3, -0.25) is 14.5 Å². The standard InChI is InChI=1S/C20H18FNO4S/c1-12-9-15(20(25)26-10-13(2)23)5-8-17(12)22-18(24)11-27-19(22)14-3-6-16(21)7-4-14/h3-9,19H,10-11H2,1-2H3. The van der Waals surface area contributed by atoms with Crippen LogP contribution in [0.5, 0.6) is 0 Å². The monoisotopic (exact) mass is 387 g/mol. The van der Waals surface area contributed by atoms with Gasteiger partial charge in [-0.15, -0.1) is 11.8 Å². The smallest absolute Gasteiger partial charge is 0.338 e. The first-order valence-electron chi connectivity index (χ1n) is 8.33. The first-order chi connectivity index (χ1) is 12.9. The van der Waals surface area contributed by atoms with Crippen LogP contribution in [0.15, 0.2) is 42.5 Å². The van der Waals surface area contributed by atoms with Gasteiger partial charge in [0.05, 0.1) is 11.3 Å². The van der Waals surface area contributed by atoms with Gasteiger partial charge in [-0.1, -0.05) is 12.1 Å². The number of halogens is 1. The van der Waals surface area contributed by atoms with Crippen LogP contribution in [0.25, 0.3) is 0 Å². The van der Waals surface area contributed by atoms with Gasteiger partial charge >= 0.3 is 5.97 Å². The van der Waals surface area contributed by atoms with E-state index in [1.807, 2.05) is 0 Å². The average molecular weight is 387 g/mol. The number of amides is 1. The van der Waals surface area contributed by atoms with Crippen molar-refractivity contribution in [3.05, 3.63) is 65.0 Å². The molecular formula is C20H18FNO4S. The van der Waals surface area contributed by atoms with Gasteiger partial charge in [0.25, 0.3) is 0 Å². The lowest BCUT2D eigenvalue weighted by atomic mass is 10.1. The third-order valence-electron chi connectivity index (χ3n) is 4.12. The number of rotatable bonds is 5. The van der Waals surface area contributed by atoms with Crippen molar-refractivity contribution in [2.75, 3.05) is 17.3 Å².